The Morgan fingerprint density at radius 2 is 1.96 bits per heavy atom. The van der Waals surface area contributed by atoms with E-state index in [0.29, 0.717) is 32.9 Å². The van der Waals surface area contributed by atoms with Crippen molar-refractivity contribution in [3.63, 3.8) is 0 Å². The molecule has 0 radical (unpaired) electrons. The van der Waals surface area contributed by atoms with Gasteiger partial charge in [-0.25, -0.2) is 8.42 Å². The number of carbonyl (C=O) groups is 1. The fraction of sp³-hybridized carbons (Fsp3) is 0.0625. The van der Waals surface area contributed by atoms with Crippen LogP contribution in [0.4, 0.5) is 17.1 Å². The van der Waals surface area contributed by atoms with Crippen molar-refractivity contribution in [3.05, 3.63) is 52.8 Å². The first-order valence-electron chi connectivity index (χ1n) is 7.57. The highest BCUT2D eigenvalue weighted by molar-refractivity contribution is 9.10. The summed E-state index contributed by atoms with van der Waals surface area (Å²) in [5.41, 5.74) is 7.95. The van der Waals surface area contributed by atoms with E-state index in [1.165, 1.54) is 12.3 Å². The van der Waals surface area contributed by atoms with Crippen molar-refractivity contribution >= 4 is 48.9 Å². The third kappa shape index (κ3) is 4.63. The number of anilines is 3. The number of nitrogen functional groups attached to an aromatic ring is 1. The number of halogens is 1. The second-order valence-electron chi connectivity index (χ2n) is 5.65. The number of hydrogen-bond acceptors (Lipinski definition) is 6. The first kappa shape index (κ1) is 18.9. The molecule has 3 aromatic rings. The number of H-pyrrole nitrogens is 1. The van der Waals surface area contributed by atoms with Gasteiger partial charge in [-0.15, -0.1) is 0 Å². The first-order valence-corrected chi connectivity index (χ1v) is 10.3. The fourth-order valence-electron chi connectivity index (χ4n) is 2.39. The number of nitrogens with one attached hydrogen (secondary N) is 3. The van der Waals surface area contributed by atoms with Crippen molar-refractivity contribution in [2.75, 3.05) is 22.0 Å². The zero-order valence-electron chi connectivity index (χ0n) is 14.0. The molecule has 0 fully saturated rings. The van der Waals surface area contributed by atoms with Gasteiger partial charge in [0.15, 0.2) is 0 Å². The molecule has 1 amide bonds. The third-order valence-corrected chi connectivity index (χ3v) is 4.47. The lowest BCUT2D eigenvalue weighted by atomic mass is 10.1. The number of hydrogen-bond donors (Lipinski definition) is 4. The molecule has 27 heavy (non-hydrogen) atoms. The molecule has 0 bridgehead atoms. The Hall–Kier alpha value is -2.92. The van der Waals surface area contributed by atoms with Gasteiger partial charge in [0.25, 0.3) is 5.91 Å². The molecule has 140 valence electrons. The lowest BCUT2D eigenvalue weighted by molar-refractivity contribution is 0.102. The third-order valence-electron chi connectivity index (χ3n) is 3.41. The van der Waals surface area contributed by atoms with Gasteiger partial charge in [-0.1, -0.05) is 15.9 Å². The molecule has 3 rings (SSSR count). The number of carbonyl (C=O) groups excluding carboxylic acids is 1. The van der Waals surface area contributed by atoms with E-state index in [4.69, 9.17) is 5.73 Å². The lowest BCUT2D eigenvalue weighted by Gasteiger charge is -2.10. The molecule has 0 atom stereocenters. The monoisotopic (exact) mass is 450 g/mol. The van der Waals surface area contributed by atoms with E-state index in [1.807, 2.05) is 0 Å². The van der Waals surface area contributed by atoms with Gasteiger partial charge < -0.3 is 11.1 Å². The summed E-state index contributed by atoms with van der Waals surface area (Å²) >= 11 is 3.29. The van der Waals surface area contributed by atoms with Crippen LogP contribution in [0.1, 0.15) is 10.4 Å². The smallest absolute Gasteiger partial charge is 0.259 e. The molecule has 0 saturated carbocycles. The van der Waals surface area contributed by atoms with Crippen LogP contribution >= 0.6 is 15.9 Å². The molecule has 0 aliphatic heterocycles. The van der Waals surface area contributed by atoms with E-state index in [2.05, 4.69) is 41.2 Å². The van der Waals surface area contributed by atoms with Crippen LogP contribution in [0.25, 0.3) is 11.4 Å². The van der Waals surface area contributed by atoms with E-state index >= 15 is 0 Å². The minimum Gasteiger partial charge on any atom is -0.397 e. The molecule has 0 aliphatic carbocycles. The van der Waals surface area contributed by atoms with Crippen LogP contribution in [0.3, 0.4) is 0 Å². The van der Waals surface area contributed by atoms with Gasteiger partial charge in [0, 0.05) is 22.6 Å². The number of rotatable bonds is 5. The fourth-order valence-corrected chi connectivity index (χ4v) is 3.43. The van der Waals surface area contributed by atoms with Crippen molar-refractivity contribution in [2.45, 2.75) is 0 Å². The number of sulfonamides is 1. The van der Waals surface area contributed by atoms with Crippen molar-refractivity contribution in [1.29, 1.82) is 0 Å². The quantitative estimate of drug-likeness (QED) is 0.469. The van der Waals surface area contributed by atoms with Gasteiger partial charge in [0.1, 0.15) is 11.4 Å². The number of nitrogens with two attached hydrogens (primary N) is 1. The maximum absolute atomic E-state index is 12.7. The van der Waals surface area contributed by atoms with Gasteiger partial charge in [0.05, 0.1) is 23.2 Å². The van der Waals surface area contributed by atoms with Crippen LogP contribution in [0, 0.1) is 0 Å². The predicted octanol–water partition coefficient (Wildman–Crippen LogP) is 2.44. The molecule has 0 saturated heterocycles. The number of amides is 1. The molecule has 9 nitrogen and oxygen atoms in total. The van der Waals surface area contributed by atoms with Gasteiger partial charge in [-0.2, -0.15) is 5.10 Å². The zero-order valence-corrected chi connectivity index (χ0v) is 16.4. The average Bonchev–Trinajstić information content (AvgIpc) is 3.02. The van der Waals surface area contributed by atoms with E-state index < -0.39 is 15.9 Å². The van der Waals surface area contributed by atoms with Crippen LogP contribution in [0.5, 0.6) is 0 Å². The minimum absolute atomic E-state index is 0.248. The summed E-state index contributed by atoms with van der Waals surface area (Å²) in [5, 5.41) is 9.41. The molecule has 2 aromatic heterocycles. The average molecular weight is 451 g/mol. The standard InChI is InChI=1S/C16H15BrN6O3S/c1-27(25,26)23-11-6-9(17)5-10(7-11)21-16(24)12-8-20-22-14(12)15-13(18)3-2-4-19-15/h2-8,23H,18H2,1H3,(H,20,22)(H,21,24). The summed E-state index contributed by atoms with van der Waals surface area (Å²) in [6.45, 7) is 0. The first-order chi connectivity index (χ1) is 12.7. The Morgan fingerprint density at radius 3 is 2.67 bits per heavy atom. The molecule has 2 heterocycles. The van der Waals surface area contributed by atoms with Crippen molar-refractivity contribution in [1.82, 2.24) is 15.2 Å². The largest absolute Gasteiger partial charge is 0.397 e. The van der Waals surface area contributed by atoms with Crippen LogP contribution in [-0.4, -0.2) is 35.8 Å². The molecule has 11 heteroatoms. The summed E-state index contributed by atoms with van der Waals surface area (Å²) in [6.07, 6.45) is 4.03. The summed E-state index contributed by atoms with van der Waals surface area (Å²) < 4.78 is 25.8. The number of nitrogens with zero attached hydrogens (tertiary/aromatic N) is 2. The highest BCUT2D eigenvalue weighted by atomic mass is 79.9. The maximum atomic E-state index is 12.7. The molecule has 0 unspecified atom stereocenters. The van der Waals surface area contributed by atoms with E-state index in [-0.39, 0.29) is 5.56 Å². The number of aromatic nitrogens is 3. The van der Waals surface area contributed by atoms with Crippen molar-refractivity contribution in [2.24, 2.45) is 0 Å². The summed E-state index contributed by atoms with van der Waals surface area (Å²) in [7, 11) is -3.45. The molecule has 0 aliphatic rings. The SMILES string of the molecule is CS(=O)(=O)Nc1cc(Br)cc(NC(=O)c2c[nH]nc2-c2ncccc2N)c1. The highest BCUT2D eigenvalue weighted by Crippen LogP contribution is 2.27. The zero-order chi connectivity index (χ0) is 19.6. The summed E-state index contributed by atoms with van der Waals surface area (Å²) in [6, 6.07) is 8.06. The number of aromatic amines is 1. The highest BCUT2D eigenvalue weighted by Gasteiger charge is 2.19. The molecule has 5 N–H and O–H groups in total. The lowest BCUT2D eigenvalue weighted by Crippen LogP contribution is -2.14. The molecule has 0 spiro atoms. The second kappa shape index (κ2) is 7.37. The minimum atomic E-state index is -3.45. The summed E-state index contributed by atoms with van der Waals surface area (Å²) in [5.74, 6) is -0.452. The summed E-state index contributed by atoms with van der Waals surface area (Å²) in [4.78, 5) is 16.9. The normalized spacial score (nSPS) is 11.2. The van der Waals surface area contributed by atoms with Crippen molar-refractivity contribution in [3.8, 4) is 11.4 Å². The Balaban J connectivity index is 1.89. The Bertz CT molecular complexity index is 1110. The Kier molecular flexibility index (Phi) is 5.15. The van der Waals surface area contributed by atoms with E-state index in [9.17, 15) is 13.2 Å². The van der Waals surface area contributed by atoms with Crippen LogP contribution in [-0.2, 0) is 10.0 Å². The number of benzene rings is 1. The van der Waals surface area contributed by atoms with Gasteiger partial charge in [0.2, 0.25) is 10.0 Å². The topological polar surface area (TPSA) is 143 Å². The maximum Gasteiger partial charge on any atom is 0.259 e. The number of pyridine rings is 1. The molecular weight excluding hydrogens is 436 g/mol. The van der Waals surface area contributed by atoms with Crippen molar-refractivity contribution < 1.29 is 13.2 Å². The van der Waals surface area contributed by atoms with Crippen LogP contribution in [0.15, 0.2) is 47.2 Å². The Labute approximate surface area is 163 Å². The van der Waals surface area contributed by atoms with Crippen LogP contribution in [0.2, 0.25) is 0 Å². The van der Waals surface area contributed by atoms with Crippen LogP contribution < -0.4 is 15.8 Å². The van der Waals surface area contributed by atoms with Gasteiger partial charge in [-0.3, -0.25) is 19.6 Å². The van der Waals surface area contributed by atoms with E-state index in [0.717, 1.165) is 6.26 Å². The Morgan fingerprint density at radius 1 is 1.22 bits per heavy atom. The predicted molar refractivity (Wildman–Crippen MR) is 107 cm³/mol. The second-order valence-corrected chi connectivity index (χ2v) is 8.31. The van der Waals surface area contributed by atoms with E-state index in [1.54, 1.807) is 30.5 Å². The van der Waals surface area contributed by atoms with Gasteiger partial charge >= 0.3 is 0 Å². The van der Waals surface area contributed by atoms with Gasteiger partial charge in [-0.05, 0) is 30.3 Å². The molecule has 1 aromatic carbocycles. The molecular formula is C16H15BrN6O3S.